The molecule has 1 amide bonds. The summed E-state index contributed by atoms with van der Waals surface area (Å²) < 4.78 is 11.4. The van der Waals surface area contributed by atoms with Gasteiger partial charge in [-0.2, -0.15) is 0 Å². The third-order valence-electron chi connectivity index (χ3n) is 4.57. The second-order valence-corrected chi connectivity index (χ2v) is 6.20. The topological polar surface area (TPSA) is 42.0 Å². The van der Waals surface area contributed by atoms with Gasteiger partial charge in [0.15, 0.2) is 11.5 Å². The first-order valence-corrected chi connectivity index (χ1v) is 9.18. The summed E-state index contributed by atoms with van der Waals surface area (Å²) >= 11 is 0. The lowest BCUT2D eigenvalue weighted by atomic mass is 10.1. The van der Waals surface area contributed by atoms with Crippen molar-refractivity contribution >= 4 is 11.6 Å². The van der Waals surface area contributed by atoms with Gasteiger partial charge in [0.1, 0.15) is 13.2 Å². The van der Waals surface area contributed by atoms with E-state index in [9.17, 15) is 4.79 Å². The monoisotopic (exact) mass is 354 g/mol. The van der Waals surface area contributed by atoms with Crippen LogP contribution in [0.1, 0.15) is 19.4 Å². The van der Waals surface area contributed by atoms with Crippen molar-refractivity contribution < 1.29 is 14.3 Å². The third kappa shape index (κ3) is 4.10. The number of rotatable bonds is 7. The summed E-state index contributed by atoms with van der Waals surface area (Å²) in [7, 11) is 0. The molecule has 0 bridgehead atoms. The maximum Gasteiger partial charge on any atom is 0.242 e. The third-order valence-corrected chi connectivity index (χ3v) is 4.57. The molecule has 0 N–H and O–H groups in total. The Labute approximate surface area is 155 Å². The summed E-state index contributed by atoms with van der Waals surface area (Å²) in [5.74, 6) is 1.63. The molecular weight excluding hydrogens is 328 g/mol. The standard InChI is InChI=1S/C21H26N2O3/c1-3-22(18-10-6-5-7-11-18)16-20(24)23(4-2)15-17-9-8-12-19-21(17)26-14-13-25-19/h5-12H,3-4,13-16H2,1-2H3. The molecule has 5 heteroatoms. The number of para-hydroxylation sites is 2. The van der Waals surface area contributed by atoms with Crippen molar-refractivity contribution in [3.8, 4) is 11.5 Å². The first-order chi connectivity index (χ1) is 12.7. The number of hydrogen-bond donors (Lipinski definition) is 0. The van der Waals surface area contributed by atoms with Crippen molar-refractivity contribution in [3.05, 3.63) is 54.1 Å². The van der Waals surface area contributed by atoms with Crippen molar-refractivity contribution in [1.82, 2.24) is 4.90 Å². The Morgan fingerprint density at radius 2 is 1.73 bits per heavy atom. The fraction of sp³-hybridized carbons (Fsp3) is 0.381. The molecule has 0 saturated heterocycles. The van der Waals surface area contributed by atoms with Crippen molar-refractivity contribution in [2.24, 2.45) is 0 Å². The highest BCUT2D eigenvalue weighted by atomic mass is 16.6. The molecule has 1 heterocycles. The molecule has 0 spiro atoms. The zero-order valence-corrected chi connectivity index (χ0v) is 15.5. The Bertz CT molecular complexity index is 733. The Kier molecular flexibility index (Phi) is 6.00. The van der Waals surface area contributed by atoms with Gasteiger partial charge in [0.05, 0.1) is 6.54 Å². The lowest BCUT2D eigenvalue weighted by Crippen LogP contribution is -2.40. The fourth-order valence-corrected chi connectivity index (χ4v) is 3.13. The van der Waals surface area contributed by atoms with E-state index >= 15 is 0 Å². The molecular formula is C21H26N2O3. The number of fused-ring (bicyclic) bond motifs is 1. The number of anilines is 1. The first-order valence-electron chi connectivity index (χ1n) is 9.18. The Balaban J connectivity index is 1.71. The van der Waals surface area contributed by atoms with Crippen LogP contribution < -0.4 is 14.4 Å². The van der Waals surface area contributed by atoms with Gasteiger partial charge in [-0.25, -0.2) is 0 Å². The highest BCUT2D eigenvalue weighted by Crippen LogP contribution is 2.34. The van der Waals surface area contributed by atoms with E-state index in [1.165, 1.54) is 0 Å². The van der Waals surface area contributed by atoms with Crippen LogP contribution >= 0.6 is 0 Å². The van der Waals surface area contributed by atoms with E-state index < -0.39 is 0 Å². The molecule has 3 rings (SSSR count). The molecule has 2 aromatic carbocycles. The van der Waals surface area contributed by atoms with E-state index in [1.54, 1.807) is 0 Å². The van der Waals surface area contributed by atoms with Gasteiger partial charge in [0, 0.05) is 30.9 Å². The quantitative estimate of drug-likeness (QED) is 0.765. The van der Waals surface area contributed by atoms with Gasteiger partial charge in [-0.3, -0.25) is 4.79 Å². The van der Waals surface area contributed by atoms with Crippen molar-refractivity contribution in [2.45, 2.75) is 20.4 Å². The fourth-order valence-electron chi connectivity index (χ4n) is 3.13. The molecule has 0 aromatic heterocycles. The number of nitrogens with zero attached hydrogens (tertiary/aromatic N) is 2. The molecule has 1 aliphatic heterocycles. The Hall–Kier alpha value is -2.69. The van der Waals surface area contributed by atoms with Crippen LogP contribution in [0.3, 0.4) is 0 Å². The number of carbonyl (C=O) groups is 1. The van der Waals surface area contributed by atoms with Crippen LogP contribution in [-0.2, 0) is 11.3 Å². The number of carbonyl (C=O) groups excluding carboxylic acids is 1. The SMILES string of the molecule is CCN(Cc1cccc2c1OCCO2)C(=O)CN(CC)c1ccccc1. The highest BCUT2D eigenvalue weighted by Gasteiger charge is 2.21. The molecule has 0 radical (unpaired) electrons. The molecule has 138 valence electrons. The van der Waals surface area contributed by atoms with E-state index in [4.69, 9.17) is 9.47 Å². The molecule has 0 unspecified atom stereocenters. The zero-order chi connectivity index (χ0) is 18.4. The molecule has 5 nitrogen and oxygen atoms in total. The van der Waals surface area contributed by atoms with Gasteiger partial charge >= 0.3 is 0 Å². The number of likely N-dealkylation sites (N-methyl/N-ethyl adjacent to an activating group) is 2. The summed E-state index contributed by atoms with van der Waals surface area (Å²) in [4.78, 5) is 16.9. The molecule has 26 heavy (non-hydrogen) atoms. The normalized spacial score (nSPS) is 12.5. The molecule has 0 fully saturated rings. The lowest BCUT2D eigenvalue weighted by Gasteiger charge is -2.28. The Morgan fingerprint density at radius 3 is 2.46 bits per heavy atom. The van der Waals surface area contributed by atoms with Crippen LogP contribution in [0.5, 0.6) is 11.5 Å². The number of hydrogen-bond acceptors (Lipinski definition) is 4. The van der Waals surface area contributed by atoms with Crippen LogP contribution in [0.15, 0.2) is 48.5 Å². The van der Waals surface area contributed by atoms with Gasteiger partial charge in [-0.1, -0.05) is 30.3 Å². The maximum atomic E-state index is 12.9. The molecule has 1 aliphatic rings. The van der Waals surface area contributed by atoms with Crippen LogP contribution in [0.4, 0.5) is 5.69 Å². The number of ether oxygens (including phenoxy) is 2. The van der Waals surface area contributed by atoms with E-state index in [1.807, 2.05) is 60.4 Å². The second kappa shape index (κ2) is 8.61. The van der Waals surface area contributed by atoms with Gasteiger partial charge in [-0.15, -0.1) is 0 Å². The van der Waals surface area contributed by atoms with E-state index in [2.05, 4.69) is 11.8 Å². The molecule has 2 aromatic rings. The van der Waals surface area contributed by atoms with E-state index in [0.717, 1.165) is 29.3 Å². The van der Waals surface area contributed by atoms with Crippen LogP contribution in [0.2, 0.25) is 0 Å². The summed E-state index contributed by atoms with van der Waals surface area (Å²) in [5, 5.41) is 0. The zero-order valence-electron chi connectivity index (χ0n) is 15.5. The predicted octanol–water partition coefficient (Wildman–Crippen LogP) is 3.33. The van der Waals surface area contributed by atoms with Crippen LogP contribution in [0, 0.1) is 0 Å². The van der Waals surface area contributed by atoms with Gasteiger partial charge in [-0.05, 0) is 32.0 Å². The minimum atomic E-state index is 0.104. The number of benzene rings is 2. The predicted molar refractivity (Wildman–Crippen MR) is 103 cm³/mol. The number of amides is 1. The summed E-state index contributed by atoms with van der Waals surface area (Å²) in [5.41, 5.74) is 2.05. The summed E-state index contributed by atoms with van der Waals surface area (Å²) in [6.07, 6.45) is 0. The van der Waals surface area contributed by atoms with Gasteiger partial charge in [0.2, 0.25) is 5.91 Å². The van der Waals surface area contributed by atoms with Crippen LogP contribution in [0.25, 0.3) is 0 Å². The average Bonchev–Trinajstić information content (AvgIpc) is 2.70. The smallest absolute Gasteiger partial charge is 0.242 e. The van der Waals surface area contributed by atoms with Crippen molar-refractivity contribution in [3.63, 3.8) is 0 Å². The molecule has 0 aliphatic carbocycles. The molecule has 0 saturated carbocycles. The summed E-state index contributed by atoms with van der Waals surface area (Å²) in [6.45, 7) is 7.49. The van der Waals surface area contributed by atoms with Gasteiger partial charge in [0.25, 0.3) is 0 Å². The second-order valence-electron chi connectivity index (χ2n) is 6.20. The van der Waals surface area contributed by atoms with Crippen molar-refractivity contribution in [1.29, 1.82) is 0 Å². The maximum absolute atomic E-state index is 12.9. The molecule has 0 atom stereocenters. The highest BCUT2D eigenvalue weighted by molar-refractivity contribution is 5.81. The largest absolute Gasteiger partial charge is 0.486 e. The lowest BCUT2D eigenvalue weighted by molar-refractivity contribution is -0.130. The minimum Gasteiger partial charge on any atom is -0.486 e. The van der Waals surface area contributed by atoms with Crippen LogP contribution in [-0.4, -0.2) is 43.7 Å². The minimum absolute atomic E-state index is 0.104. The van der Waals surface area contributed by atoms with Crippen molar-refractivity contribution in [2.75, 3.05) is 37.7 Å². The van der Waals surface area contributed by atoms with E-state index in [-0.39, 0.29) is 5.91 Å². The average molecular weight is 354 g/mol. The van der Waals surface area contributed by atoms with E-state index in [0.29, 0.717) is 32.8 Å². The van der Waals surface area contributed by atoms with Gasteiger partial charge < -0.3 is 19.3 Å². The Morgan fingerprint density at radius 1 is 0.962 bits per heavy atom. The first kappa shape index (κ1) is 18.1. The summed E-state index contributed by atoms with van der Waals surface area (Å²) in [6, 6.07) is 15.9.